The first-order valence-corrected chi connectivity index (χ1v) is 12.8. The van der Waals surface area contributed by atoms with E-state index in [2.05, 4.69) is 4.57 Å². The highest BCUT2D eigenvalue weighted by molar-refractivity contribution is 7.89. The molecule has 1 saturated heterocycles. The summed E-state index contributed by atoms with van der Waals surface area (Å²) in [5.41, 5.74) is 2.98. The summed E-state index contributed by atoms with van der Waals surface area (Å²) in [6.07, 6.45) is 2.27. The fourth-order valence-corrected chi connectivity index (χ4v) is 5.47. The van der Waals surface area contributed by atoms with E-state index < -0.39 is 10.0 Å². The van der Waals surface area contributed by atoms with Gasteiger partial charge >= 0.3 is 0 Å². The maximum absolute atomic E-state index is 12.9. The molecule has 0 unspecified atom stereocenters. The zero-order valence-electron chi connectivity index (χ0n) is 18.6. The van der Waals surface area contributed by atoms with Crippen molar-refractivity contribution in [1.29, 1.82) is 0 Å². The molecule has 0 N–H and O–H groups in total. The Balaban J connectivity index is 1.43. The largest absolute Gasteiger partial charge is 0.343 e. The van der Waals surface area contributed by atoms with E-state index in [1.54, 1.807) is 14.0 Å². The molecular formula is C24H30N4O3S. The summed E-state index contributed by atoms with van der Waals surface area (Å²) < 4.78 is 27.9. The molecule has 1 aliphatic heterocycles. The van der Waals surface area contributed by atoms with Gasteiger partial charge in [0, 0.05) is 44.7 Å². The number of fused-ring (bicyclic) bond motifs is 1. The van der Waals surface area contributed by atoms with Crippen LogP contribution in [0.25, 0.3) is 16.7 Å². The number of likely N-dealkylation sites (tertiary alicyclic amines) is 1. The first kappa shape index (κ1) is 22.5. The Bertz CT molecular complexity index is 1180. The number of carbonyl (C=O) groups is 1. The van der Waals surface area contributed by atoms with Crippen LogP contribution in [-0.2, 0) is 21.2 Å². The van der Waals surface area contributed by atoms with Crippen LogP contribution < -0.4 is 0 Å². The molecule has 3 aromatic rings. The highest BCUT2D eigenvalue weighted by Gasteiger charge is 2.30. The number of para-hydroxylation sites is 3. The number of nitrogens with zero attached hydrogens (tertiary/aromatic N) is 4. The van der Waals surface area contributed by atoms with Crippen LogP contribution in [0.5, 0.6) is 0 Å². The molecule has 0 aliphatic carbocycles. The van der Waals surface area contributed by atoms with Gasteiger partial charge in [-0.05, 0) is 44.0 Å². The third kappa shape index (κ3) is 4.56. The number of piperidine rings is 1. The zero-order valence-corrected chi connectivity index (χ0v) is 19.5. The average Bonchev–Trinajstić information content (AvgIpc) is 3.21. The third-order valence-corrected chi connectivity index (χ3v) is 8.25. The second-order valence-corrected chi connectivity index (χ2v) is 10.5. The lowest BCUT2D eigenvalue weighted by atomic mass is 10.0. The lowest BCUT2D eigenvalue weighted by molar-refractivity contribution is -0.132. The Morgan fingerprint density at radius 1 is 1.06 bits per heavy atom. The molecule has 0 atom stereocenters. The van der Waals surface area contributed by atoms with E-state index in [-0.39, 0.29) is 17.7 Å². The molecule has 0 bridgehead atoms. The van der Waals surface area contributed by atoms with Gasteiger partial charge in [0.15, 0.2) is 0 Å². The number of carbonyl (C=O) groups excluding carboxylic acids is 1. The van der Waals surface area contributed by atoms with Crippen molar-refractivity contribution in [3.8, 4) is 5.69 Å². The number of sulfonamides is 1. The van der Waals surface area contributed by atoms with Crippen LogP contribution in [0.4, 0.5) is 0 Å². The standard InChI is InChI=1S/C24H30N4O3S/c1-3-32(30,31)26(2)19-15-17-27(18-16-19)24(29)14-13-23-25-21-11-7-8-12-22(21)28(23)20-9-5-4-6-10-20/h4-12,19H,3,13-18H2,1-2H3. The predicted molar refractivity (Wildman–Crippen MR) is 126 cm³/mol. The van der Waals surface area contributed by atoms with E-state index in [9.17, 15) is 13.2 Å². The van der Waals surface area contributed by atoms with Crippen molar-refractivity contribution in [2.24, 2.45) is 0 Å². The molecule has 1 aliphatic rings. The SMILES string of the molecule is CCS(=O)(=O)N(C)C1CCN(C(=O)CCc2nc3ccccc3n2-c2ccccc2)CC1. The van der Waals surface area contributed by atoms with E-state index >= 15 is 0 Å². The van der Waals surface area contributed by atoms with Gasteiger partial charge in [0.25, 0.3) is 0 Å². The van der Waals surface area contributed by atoms with Gasteiger partial charge in [-0.2, -0.15) is 0 Å². The van der Waals surface area contributed by atoms with Crippen molar-refractivity contribution < 1.29 is 13.2 Å². The molecule has 32 heavy (non-hydrogen) atoms. The highest BCUT2D eigenvalue weighted by atomic mass is 32.2. The number of hydrogen-bond acceptors (Lipinski definition) is 4. The van der Waals surface area contributed by atoms with Gasteiger partial charge < -0.3 is 4.90 Å². The second-order valence-electron chi connectivity index (χ2n) is 8.22. The number of aryl methyl sites for hydroxylation is 1. The Morgan fingerprint density at radius 3 is 2.41 bits per heavy atom. The van der Waals surface area contributed by atoms with Crippen molar-refractivity contribution in [1.82, 2.24) is 18.8 Å². The van der Waals surface area contributed by atoms with Gasteiger partial charge in [0.2, 0.25) is 15.9 Å². The van der Waals surface area contributed by atoms with Crippen molar-refractivity contribution in [2.45, 2.75) is 38.6 Å². The van der Waals surface area contributed by atoms with Gasteiger partial charge in [-0.3, -0.25) is 9.36 Å². The van der Waals surface area contributed by atoms with E-state index in [1.165, 1.54) is 4.31 Å². The molecule has 1 fully saturated rings. The van der Waals surface area contributed by atoms with E-state index in [0.29, 0.717) is 38.8 Å². The lowest BCUT2D eigenvalue weighted by Gasteiger charge is -2.36. The number of rotatable bonds is 7. The number of benzene rings is 2. The predicted octanol–water partition coefficient (Wildman–Crippen LogP) is 3.23. The second kappa shape index (κ2) is 9.42. The van der Waals surface area contributed by atoms with Crippen molar-refractivity contribution >= 4 is 27.0 Å². The molecule has 2 aromatic carbocycles. The average molecular weight is 455 g/mol. The monoisotopic (exact) mass is 454 g/mol. The van der Waals surface area contributed by atoms with Crippen molar-refractivity contribution in [2.75, 3.05) is 25.9 Å². The van der Waals surface area contributed by atoms with Gasteiger partial charge in [-0.1, -0.05) is 30.3 Å². The van der Waals surface area contributed by atoms with E-state index in [0.717, 1.165) is 22.5 Å². The minimum absolute atomic E-state index is 0.0359. The lowest BCUT2D eigenvalue weighted by Crippen LogP contribution is -2.47. The van der Waals surface area contributed by atoms with Gasteiger partial charge in [-0.25, -0.2) is 17.7 Å². The Labute approximate surface area is 189 Å². The molecule has 0 saturated carbocycles. The fourth-order valence-electron chi connectivity index (χ4n) is 4.40. The molecule has 8 heteroatoms. The van der Waals surface area contributed by atoms with Crippen molar-refractivity contribution in [3.63, 3.8) is 0 Å². The Kier molecular flexibility index (Phi) is 6.62. The normalized spacial score (nSPS) is 15.5. The van der Waals surface area contributed by atoms with Crippen LogP contribution in [0.3, 0.4) is 0 Å². The van der Waals surface area contributed by atoms with Gasteiger partial charge in [0.05, 0.1) is 16.8 Å². The number of aromatic nitrogens is 2. The summed E-state index contributed by atoms with van der Waals surface area (Å²) >= 11 is 0. The molecule has 170 valence electrons. The first-order valence-electron chi connectivity index (χ1n) is 11.2. The van der Waals surface area contributed by atoms with Crippen LogP contribution in [0, 0.1) is 0 Å². The molecule has 1 amide bonds. The Hall–Kier alpha value is -2.71. The summed E-state index contributed by atoms with van der Waals surface area (Å²) in [7, 11) is -1.56. The smallest absolute Gasteiger partial charge is 0.223 e. The van der Waals surface area contributed by atoms with Crippen LogP contribution in [0.15, 0.2) is 54.6 Å². The maximum atomic E-state index is 12.9. The molecule has 0 radical (unpaired) electrons. The van der Waals surface area contributed by atoms with Crippen molar-refractivity contribution in [3.05, 3.63) is 60.4 Å². The summed E-state index contributed by atoms with van der Waals surface area (Å²) in [5, 5.41) is 0. The summed E-state index contributed by atoms with van der Waals surface area (Å²) in [6.45, 7) is 2.83. The topological polar surface area (TPSA) is 75.5 Å². The fraction of sp³-hybridized carbons (Fsp3) is 0.417. The zero-order chi connectivity index (χ0) is 22.7. The number of hydrogen-bond donors (Lipinski definition) is 0. The number of imidazole rings is 1. The molecule has 4 rings (SSSR count). The number of amides is 1. The van der Waals surface area contributed by atoms with Gasteiger partial charge in [-0.15, -0.1) is 0 Å². The third-order valence-electron chi connectivity index (χ3n) is 6.34. The first-order chi connectivity index (χ1) is 15.4. The van der Waals surface area contributed by atoms with Crippen LogP contribution in [-0.4, -0.2) is 65.0 Å². The maximum Gasteiger partial charge on any atom is 0.223 e. The minimum atomic E-state index is -3.21. The van der Waals surface area contributed by atoms with Crippen LogP contribution in [0.2, 0.25) is 0 Å². The Morgan fingerprint density at radius 2 is 1.72 bits per heavy atom. The molecule has 2 heterocycles. The van der Waals surface area contributed by atoms with Gasteiger partial charge in [0.1, 0.15) is 5.82 Å². The summed E-state index contributed by atoms with van der Waals surface area (Å²) in [4.78, 5) is 19.6. The summed E-state index contributed by atoms with van der Waals surface area (Å²) in [6, 6.07) is 18.0. The molecule has 1 aromatic heterocycles. The molecule has 7 nitrogen and oxygen atoms in total. The van der Waals surface area contributed by atoms with Crippen LogP contribution >= 0.6 is 0 Å². The molecule has 0 spiro atoms. The van der Waals surface area contributed by atoms with E-state index in [1.807, 2.05) is 59.5 Å². The van der Waals surface area contributed by atoms with Crippen LogP contribution in [0.1, 0.15) is 32.0 Å². The van der Waals surface area contributed by atoms with E-state index in [4.69, 9.17) is 4.98 Å². The minimum Gasteiger partial charge on any atom is -0.343 e. The summed E-state index contributed by atoms with van der Waals surface area (Å²) in [5.74, 6) is 1.07. The quantitative estimate of drug-likeness (QED) is 0.549. The molecular weight excluding hydrogens is 424 g/mol. The highest BCUT2D eigenvalue weighted by Crippen LogP contribution is 2.23.